The van der Waals surface area contributed by atoms with Gasteiger partial charge < -0.3 is 4.74 Å². The number of benzene rings is 1. The Morgan fingerprint density at radius 3 is 2.53 bits per heavy atom. The SMILES string of the molecule is CCOC(=O)C(=N)CCc1ccccc1C(F)(F)F. The number of hydrogen-bond acceptors (Lipinski definition) is 3. The predicted molar refractivity (Wildman–Crippen MR) is 64.1 cm³/mol. The highest BCUT2D eigenvalue weighted by Gasteiger charge is 2.32. The fourth-order valence-corrected chi connectivity index (χ4v) is 1.59. The fourth-order valence-electron chi connectivity index (χ4n) is 1.59. The minimum atomic E-state index is -4.43. The van der Waals surface area contributed by atoms with Crippen molar-refractivity contribution in [1.82, 2.24) is 0 Å². The van der Waals surface area contributed by atoms with Gasteiger partial charge in [-0.25, -0.2) is 4.79 Å². The van der Waals surface area contributed by atoms with Crippen molar-refractivity contribution in [2.24, 2.45) is 0 Å². The van der Waals surface area contributed by atoms with Crippen molar-refractivity contribution in [3.63, 3.8) is 0 Å². The summed E-state index contributed by atoms with van der Waals surface area (Å²) in [6.07, 6.45) is -4.53. The molecule has 1 aromatic carbocycles. The Hall–Kier alpha value is -1.85. The van der Waals surface area contributed by atoms with Gasteiger partial charge in [-0.2, -0.15) is 13.2 Å². The molecule has 3 nitrogen and oxygen atoms in total. The molecule has 0 fully saturated rings. The lowest BCUT2D eigenvalue weighted by Crippen LogP contribution is -2.18. The molecule has 0 aliphatic rings. The van der Waals surface area contributed by atoms with Crippen molar-refractivity contribution in [3.05, 3.63) is 35.4 Å². The molecule has 0 heterocycles. The molecule has 0 saturated heterocycles. The molecule has 0 saturated carbocycles. The molecule has 0 bridgehead atoms. The van der Waals surface area contributed by atoms with Gasteiger partial charge in [-0.1, -0.05) is 18.2 Å². The van der Waals surface area contributed by atoms with Crippen LogP contribution in [0.4, 0.5) is 13.2 Å². The Bertz CT molecular complexity index is 469. The lowest BCUT2D eigenvalue weighted by molar-refractivity contribution is -0.138. The highest BCUT2D eigenvalue weighted by molar-refractivity contribution is 6.35. The lowest BCUT2D eigenvalue weighted by atomic mass is 10.0. The summed E-state index contributed by atoms with van der Waals surface area (Å²) in [6.45, 7) is 1.74. The number of carbonyl (C=O) groups excluding carboxylic acids is 1. The van der Waals surface area contributed by atoms with E-state index in [4.69, 9.17) is 5.41 Å². The Kier molecular flexibility index (Phi) is 5.09. The second-order valence-corrected chi connectivity index (χ2v) is 3.85. The quantitative estimate of drug-likeness (QED) is 0.661. The van der Waals surface area contributed by atoms with Crippen LogP contribution >= 0.6 is 0 Å². The summed E-state index contributed by atoms with van der Waals surface area (Å²) in [6, 6.07) is 5.14. The van der Waals surface area contributed by atoms with E-state index in [0.29, 0.717) is 0 Å². The van der Waals surface area contributed by atoms with Crippen LogP contribution < -0.4 is 0 Å². The van der Waals surface area contributed by atoms with Gasteiger partial charge in [0.1, 0.15) is 5.71 Å². The van der Waals surface area contributed by atoms with Crippen LogP contribution in [-0.2, 0) is 22.1 Å². The summed E-state index contributed by atoms with van der Waals surface area (Å²) in [5.74, 6) is -0.785. The minimum Gasteiger partial charge on any atom is -0.462 e. The largest absolute Gasteiger partial charge is 0.462 e. The van der Waals surface area contributed by atoms with Gasteiger partial charge in [0.05, 0.1) is 12.2 Å². The second kappa shape index (κ2) is 6.36. The third-order valence-electron chi connectivity index (χ3n) is 2.49. The van der Waals surface area contributed by atoms with Crippen molar-refractivity contribution in [2.75, 3.05) is 6.61 Å². The first-order valence-corrected chi connectivity index (χ1v) is 5.76. The molecule has 0 aliphatic carbocycles. The lowest BCUT2D eigenvalue weighted by Gasteiger charge is -2.12. The molecule has 0 unspecified atom stereocenters. The van der Waals surface area contributed by atoms with E-state index in [0.717, 1.165) is 6.07 Å². The van der Waals surface area contributed by atoms with E-state index in [1.165, 1.54) is 18.2 Å². The average molecular weight is 273 g/mol. The average Bonchev–Trinajstić information content (AvgIpc) is 2.35. The van der Waals surface area contributed by atoms with E-state index < -0.39 is 17.7 Å². The molecule has 0 radical (unpaired) electrons. The van der Waals surface area contributed by atoms with Crippen molar-refractivity contribution >= 4 is 11.7 Å². The number of carbonyl (C=O) groups is 1. The first-order valence-electron chi connectivity index (χ1n) is 5.76. The highest BCUT2D eigenvalue weighted by Crippen LogP contribution is 2.32. The Labute approximate surface area is 108 Å². The van der Waals surface area contributed by atoms with Gasteiger partial charge in [0.2, 0.25) is 0 Å². The van der Waals surface area contributed by atoms with E-state index in [1.807, 2.05) is 0 Å². The molecule has 104 valence electrons. The van der Waals surface area contributed by atoms with Crippen molar-refractivity contribution in [3.8, 4) is 0 Å². The molecule has 0 aliphatic heterocycles. The van der Waals surface area contributed by atoms with Crippen LogP contribution in [0.3, 0.4) is 0 Å². The van der Waals surface area contributed by atoms with Crippen LogP contribution in [0.15, 0.2) is 24.3 Å². The number of alkyl halides is 3. The van der Waals surface area contributed by atoms with E-state index in [-0.39, 0.29) is 30.7 Å². The summed E-state index contributed by atoms with van der Waals surface area (Å²) >= 11 is 0. The topological polar surface area (TPSA) is 50.2 Å². The van der Waals surface area contributed by atoms with E-state index in [9.17, 15) is 18.0 Å². The zero-order chi connectivity index (χ0) is 14.5. The third-order valence-corrected chi connectivity index (χ3v) is 2.49. The molecule has 1 aromatic rings. The zero-order valence-electron chi connectivity index (χ0n) is 10.4. The number of rotatable bonds is 5. The zero-order valence-corrected chi connectivity index (χ0v) is 10.4. The van der Waals surface area contributed by atoms with Crippen molar-refractivity contribution in [1.29, 1.82) is 5.41 Å². The Morgan fingerprint density at radius 2 is 1.95 bits per heavy atom. The number of nitrogens with one attached hydrogen (secondary N) is 1. The maximum Gasteiger partial charge on any atom is 0.416 e. The standard InChI is InChI=1S/C13H14F3NO2/c1-2-19-12(18)11(17)8-7-9-5-3-4-6-10(9)13(14,15)16/h3-6,17H,2,7-8H2,1H3. The predicted octanol–water partition coefficient (Wildman–Crippen LogP) is 3.22. The number of hydrogen-bond donors (Lipinski definition) is 1. The van der Waals surface area contributed by atoms with Gasteiger partial charge in [0.25, 0.3) is 0 Å². The molecular formula is C13H14F3NO2. The van der Waals surface area contributed by atoms with E-state index in [1.54, 1.807) is 6.92 Å². The van der Waals surface area contributed by atoms with Crippen molar-refractivity contribution in [2.45, 2.75) is 25.9 Å². The number of ether oxygens (including phenoxy) is 1. The molecule has 0 spiro atoms. The molecule has 6 heteroatoms. The van der Waals surface area contributed by atoms with Gasteiger partial charge >= 0.3 is 12.1 Å². The first kappa shape index (κ1) is 15.2. The Morgan fingerprint density at radius 1 is 1.32 bits per heavy atom. The molecular weight excluding hydrogens is 259 g/mol. The van der Waals surface area contributed by atoms with Crippen LogP contribution in [-0.4, -0.2) is 18.3 Å². The smallest absolute Gasteiger partial charge is 0.416 e. The van der Waals surface area contributed by atoms with Gasteiger partial charge in [0.15, 0.2) is 0 Å². The molecule has 0 atom stereocenters. The number of esters is 1. The van der Waals surface area contributed by atoms with E-state index >= 15 is 0 Å². The van der Waals surface area contributed by atoms with Crippen LogP contribution in [0, 0.1) is 5.41 Å². The van der Waals surface area contributed by atoms with Gasteiger partial charge in [-0.15, -0.1) is 0 Å². The number of aryl methyl sites for hydroxylation is 1. The number of halogens is 3. The van der Waals surface area contributed by atoms with Gasteiger partial charge in [0, 0.05) is 6.42 Å². The maximum absolute atomic E-state index is 12.7. The molecule has 0 amide bonds. The molecule has 19 heavy (non-hydrogen) atoms. The maximum atomic E-state index is 12.7. The molecule has 0 aromatic heterocycles. The summed E-state index contributed by atoms with van der Waals surface area (Å²) in [5.41, 5.74) is -0.977. The van der Waals surface area contributed by atoms with Crippen LogP contribution in [0.5, 0.6) is 0 Å². The van der Waals surface area contributed by atoms with Gasteiger partial charge in [-0.3, -0.25) is 5.41 Å². The summed E-state index contributed by atoms with van der Waals surface area (Å²) in [7, 11) is 0. The normalized spacial score (nSPS) is 11.2. The second-order valence-electron chi connectivity index (χ2n) is 3.85. The summed E-state index contributed by atoms with van der Waals surface area (Å²) in [4.78, 5) is 11.2. The minimum absolute atomic E-state index is 0.0205. The first-order chi connectivity index (χ1) is 8.86. The fraction of sp³-hybridized carbons (Fsp3) is 0.385. The van der Waals surface area contributed by atoms with Crippen molar-refractivity contribution < 1.29 is 22.7 Å². The summed E-state index contributed by atoms with van der Waals surface area (Å²) in [5, 5.41) is 7.42. The Balaban J connectivity index is 2.74. The monoisotopic (exact) mass is 273 g/mol. The highest BCUT2D eigenvalue weighted by atomic mass is 19.4. The van der Waals surface area contributed by atoms with E-state index in [2.05, 4.69) is 4.74 Å². The molecule has 1 rings (SSSR count). The molecule has 1 N–H and O–H groups in total. The van der Waals surface area contributed by atoms with Gasteiger partial charge in [-0.05, 0) is 25.0 Å². The van der Waals surface area contributed by atoms with Crippen LogP contribution in [0.1, 0.15) is 24.5 Å². The van der Waals surface area contributed by atoms with Crippen LogP contribution in [0.2, 0.25) is 0 Å². The third kappa shape index (κ3) is 4.39. The van der Waals surface area contributed by atoms with Crippen LogP contribution in [0.25, 0.3) is 0 Å². The summed E-state index contributed by atoms with van der Waals surface area (Å²) < 4.78 is 42.7.